The van der Waals surface area contributed by atoms with Crippen LogP contribution in [0.15, 0.2) is 24.3 Å². The van der Waals surface area contributed by atoms with Gasteiger partial charge in [-0.3, -0.25) is 4.79 Å². The Hall–Kier alpha value is -1.77. The van der Waals surface area contributed by atoms with Crippen LogP contribution in [-0.2, 0) is 75.8 Å². The van der Waals surface area contributed by atoms with Crippen molar-refractivity contribution in [3.05, 3.63) is 24.3 Å². The fraction of sp³-hybridized carbons (Fsp3) is 0.917. The monoisotopic (exact) mass is 1130 g/mol. The Morgan fingerprint density at radius 2 is 1.25 bits per heavy atom. The zero-order chi connectivity index (χ0) is 54.9. The highest BCUT2D eigenvalue weighted by Crippen LogP contribution is 2.59. The smallest absolute Gasteiger partial charge is 0.308 e. The van der Waals surface area contributed by atoms with E-state index < -0.39 is 103 Å². The van der Waals surface area contributed by atoms with E-state index in [1.807, 2.05) is 0 Å². The van der Waals surface area contributed by atoms with Gasteiger partial charge in [-0.15, -0.1) is 0 Å². The zero-order valence-electron chi connectivity index (χ0n) is 46.8. The highest BCUT2D eigenvalue weighted by molar-refractivity contribution is 5.70. The molecule has 0 amide bonds. The van der Waals surface area contributed by atoms with E-state index in [0.29, 0.717) is 70.6 Å². The van der Waals surface area contributed by atoms with Crippen LogP contribution in [0.5, 0.6) is 0 Å². The summed E-state index contributed by atoms with van der Waals surface area (Å²) in [5, 5.41) is 42.3. The normalized spacial score (nSPS) is 57.6. The van der Waals surface area contributed by atoms with Crippen molar-refractivity contribution in [2.45, 2.75) is 313 Å². The van der Waals surface area contributed by atoms with Crippen molar-refractivity contribution in [2.75, 3.05) is 6.61 Å². The van der Waals surface area contributed by atoms with Crippen molar-refractivity contribution in [2.24, 2.45) is 23.7 Å². The number of rotatable bonds is 4. The molecule has 8 unspecified atom stereocenters. The summed E-state index contributed by atoms with van der Waals surface area (Å²) in [4.78, 5) is 14.6. The molecule has 16 aliphatic rings. The number of hydrogen-bond donors (Lipinski definition) is 4. The maximum atomic E-state index is 14.6. The first-order valence-corrected chi connectivity index (χ1v) is 30.9. The lowest BCUT2D eigenvalue weighted by atomic mass is 9.79. The molecule has 0 aromatic heterocycles. The molecule has 16 aliphatic heterocycles. The van der Waals surface area contributed by atoms with Crippen LogP contribution in [0.2, 0.25) is 0 Å². The quantitative estimate of drug-likeness (QED) is 0.228. The van der Waals surface area contributed by atoms with Crippen molar-refractivity contribution >= 4 is 5.97 Å². The number of fused-ring (bicyclic) bond motifs is 10. The van der Waals surface area contributed by atoms with Gasteiger partial charge in [-0.25, -0.2) is 0 Å². The zero-order valence-corrected chi connectivity index (χ0v) is 46.8. The second-order valence-corrected chi connectivity index (χ2v) is 27.8. The number of hydrogen-bond acceptors (Lipinski definition) is 20. The van der Waals surface area contributed by atoms with E-state index in [1.54, 1.807) is 0 Å². The van der Waals surface area contributed by atoms with Crippen molar-refractivity contribution < 1.29 is 96.3 Å². The van der Waals surface area contributed by atoms with Gasteiger partial charge < -0.3 is 91.5 Å². The van der Waals surface area contributed by atoms with Crippen LogP contribution in [0.3, 0.4) is 0 Å². The molecule has 3 spiro atoms. The topological polar surface area (TPSA) is 236 Å². The first-order chi connectivity index (χ1) is 38.3. The summed E-state index contributed by atoms with van der Waals surface area (Å²) in [7, 11) is 0. The number of ether oxygens (including phenoxy) is 15. The molecule has 0 aliphatic carbocycles. The highest BCUT2D eigenvalue weighted by atomic mass is 16.8. The third kappa shape index (κ3) is 9.31. The average molecular weight is 1130 g/mol. The Bertz CT molecular complexity index is 2400. The van der Waals surface area contributed by atoms with Gasteiger partial charge in [-0.1, -0.05) is 40.9 Å². The molecule has 80 heavy (non-hydrogen) atoms. The molecule has 0 radical (unpaired) electrons. The Kier molecular flexibility index (Phi) is 13.8. The van der Waals surface area contributed by atoms with E-state index in [0.717, 1.165) is 36.8 Å². The van der Waals surface area contributed by atoms with Crippen LogP contribution < -0.4 is 0 Å². The van der Waals surface area contributed by atoms with E-state index in [2.05, 4.69) is 40.9 Å². The molecule has 446 valence electrons. The standard InChI is InChI=1S/C60H86O20/c1-26-13-33-7-9-37-27(2)14-35(66-37)11-12-57-25-60(65)56(80-57)55-54(79-60)53(78-57)52-38(70-55)10-8-34(68-52)16-47(64)73-51-31(6)50-43(69-42(51)17-39(67-33)30(26)5)19-41-45(72-50)22-59(74-41)23-46-49(77-59)29(4)21-58(76-46)20-28(3)48-44(75-58)18-40(71-48)36(63)15-32(62)24-61/h26,28-29,31-46,48-56,61-63,65H,2,5,7-25H2,1,3-4,6H3/t26-,28+,29+,31+,32-,33+,34-,35?,36+,37?,38+,39?,40+,41?,42+,43+,44+,45-,46+,48+,49+,50+,51-,52+,53?,54+,55-,56?,57-,58?,59+,60?/m1/s1. The molecule has 0 aromatic rings. The van der Waals surface area contributed by atoms with Crippen molar-refractivity contribution in [1.29, 1.82) is 0 Å². The molecule has 16 saturated heterocycles. The van der Waals surface area contributed by atoms with Crippen LogP contribution in [-0.4, -0.2) is 203 Å². The Labute approximate surface area is 468 Å². The maximum Gasteiger partial charge on any atom is 0.308 e. The Morgan fingerprint density at radius 3 is 2.09 bits per heavy atom. The summed E-state index contributed by atoms with van der Waals surface area (Å²) in [6, 6.07) is 0. The lowest BCUT2D eigenvalue weighted by Crippen LogP contribution is -2.62. The van der Waals surface area contributed by atoms with Crippen LogP contribution >= 0.6 is 0 Å². The molecule has 20 nitrogen and oxygen atoms in total. The molecule has 20 heteroatoms. The molecular weight excluding hydrogens is 1040 g/mol. The third-order valence-electron chi connectivity index (χ3n) is 22.0. The third-order valence-corrected chi connectivity index (χ3v) is 22.0. The van der Waals surface area contributed by atoms with E-state index in [4.69, 9.17) is 71.1 Å². The van der Waals surface area contributed by atoms with Gasteiger partial charge in [0.1, 0.15) is 36.6 Å². The maximum absolute atomic E-state index is 14.6. The summed E-state index contributed by atoms with van der Waals surface area (Å²) in [6.07, 6.45) is -0.945. The van der Waals surface area contributed by atoms with Crippen molar-refractivity contribution in [3.8, 4) is 0 Å². The fourth-order valence-corrected chi connectivity index (χ4v) is 18.2. The number of aliphatic hydroxyl groups excluding tert-OH is 3. The molecule has 16 heterocycles. The minimum Gasteiger partial charge on any atom is -0.459 e. The second-order valence-electron chi connectivity index (χ2n) is 27.8. The number of carbonyl (C=O) groups is 1. The first kappa shape index (κ1) is 54.9. The largest absolute Gasteiger partial charge is 0.459 e. The summed E-state index contributed by atoms with van der Waals surface area (Å²) < 4.78 is 103. The van der Waals surface area contributed by atoms with Gasteiger partial charge in [0.25, 0.3) is 0 Å². The van der Waals surface area contributed by atoms with Gasteiger partial charge in [0.05, 0.1) is 129 Å². The Morgan fingerprint density at radius 1 is 0.550 bits per heavy atom. The summed E-state index contributed by atoms with van der Waals surface area (Å²) in [6.45, 7) is 17.3. The summed E-state index contributed by atoms with van der Waals surface area (Å²) in [5.41, 5.74) is 2.08. The lowest BCUT2D eigenvalue weighted by molar-refractivity contribution is -0.347. The van der Waals surface area contributed by atoms with E-state index >= 15 is 0 Å². The van der Waals surface area contributed by atoms with Crippen LogP contribution in [0, 0.1) is 23.7 Å². The molecule has 16 fully saturated rings. The molecular formula is C60H86O20. The lowest BCUT2D eigenvalue weighted by Gasteiger charge is -2.50. The molecule has 0 aromatic carbocycles. The van der Waals surface area contributed by atoms with Crippen molar-refractivity contribution in [3.63, 3.8) is 0 Å². The molecule has 16 rings (SSSR count). The SMILES string of the molecule is C=C1CC2CC[C@@]34CC5(O)O[C@H]6C(O3)[C@H]3O[C@H](CC[C@@H]3O[C@H]6C5O4)CC(=O)O[C@@H]3[C@@H](C)[C@@H]4O[C@@H]5C[C@]6(C[C@@H]7OC8(C[C@H](C)[C@@H]9O[C@H]([C@@H](O)C[C@@H](O)CO)C[C@@H]9O8)C[C@H](C)[C@@H]7O6)OC5C[C@@H]4O[C@H]3CC3O[C@@H](CCC1O2)C[C@@H](C)C3=C. The first-order valence-electron chi connectivity index (χ1n) is 30.9. The van der Waals surface area contributed by atoms with Crippen LogP contribution in [0.25, 0.3) is 0 Å². The van der Waals surface area contributed by atoms with Gasteiger partial charge in [0, 0.05) is 63.7 Å². The van der Waals surface area contributed by atoms with Crippen LogP contribution in [0.1, 0.15) is 143 Å². The van der Waals surface area contributed by atoms with Gasteiger partial charge in [-0.2, -0.15) is 0 Å². The number of carbonyl (C=O) groups excluding carboxylic acids is 1. The second kappa shape index (κ2) is 20.2. The van der Waals surface area contributed by atoms with E-state index in [1.165, 1.54) is 0 Å². The highest BCUT2D eigenvalue weighted by Gasteiger charge is 2.75. The summed E-state index contributed by atoms with van der Waals surface area (Å²) >= 11 is 0. The van der Waals surface area contributed by atoms with Gasteiger partial charge >= 0.3 is 5.97 Å². The molecule has 0 saturated carbocycles. The van der Waals surface area contributed by atoms with Gasteiger partial charge in [-0.05, 0) is 73.8 Å². The predicted molar refractivity (Wildman–Crippen MR) is 275 cm³/mol. The minimum absolute atomic E-state index is 0.0152. The van der Waals surface area contributed by atoms with Crippen molar-refractivity contribution in [1.82, 2.24) is 0 Å². The van der Waals surface area contributed by atoms with E-state index in [-0.39, 0.29) is 122 Å². The number of aliphatic hydroxyl groups is 4. The van der Waals surface area contributed by atoms with Gasteiger partial charge in [0.15, 0.2) is 17.4 Å². The summed E-state index contributed by atoms with van der Waals surface area (Å²) in [5.74, 6) is -4.74. The molecule has 32 atom stereocenters. The molecule has 4 N–H and O–H groups in total. The van der Waals surface area contributed by atoms with E-state index in [9.17, 15) is 25.2 Å². The average Bonchev–Trinajstić information content (AvgIpc) is 4.40. The van der Waals surface area contributed by atoms with Crippen LogP contribution in [0.4, 0.5) is 0 Å². The minimum atomic E-state index is -1.55. The fourth-order valence-electron chi connectivity index (χ4n) is 18.2. The number of esters is 1. The molecule has 12 bridgehead atoms. The Balaban J connectivity index is 0.658. The van der Waals surface area contributed by atoms with Gasteiger partial charge in [0.2, 0.25) is 5.79 Å². The predicted octanol–water partition coefficient (Wildman–Crippen LogP) is 4.25.